The number of aliphatic hydroxyl groups excluding tert-OH is 1. The lowest BCUT2D eigenvalue weighted by molar-refractivity contribution is 0.0896. The van der Waals surface area contributed by atoms with Gasteiger partial charge in [-0.25, -0.2) is 4.98 Å². The Hall–Kier alpha value is -2.14. The highest BCUT2D eigenvalue weighted by Crippen LogP contribution is 2.32. The number of carbonyl (C=O) groups excluding carboxylic acids is 1. The smallest absolute Gasteiger partial charge is 0.270 e. The SMILES string of the molecule is Nc1cc(C(=O)NCC(O)C2CC2)nc2ccccc12. The molecule has 1 heterocycles. The van der Waals surface area contributed by atoms with Gasteiger partial charge in [-0.05, 0) is 30.9 Å². The predicted octanol–water partition coefficient (Wildman–Crippen LogP) is 1.32. The molecule has 1 aromatic carbocycles. The molecule has 2 aromatic rings. The molecular formula is C15H17N3O2. The zero-order valence-corrected chi connectivity index (χ0v) is 11.0. The van der Waals surface area contributed by atoms with Gasteiger partial charge < -0.3 is 16.2 Å². The van der Waals surface area contributed by atoms with Gasteiger partial charge in [-0.3, -0.25) is 4.79 Å². The fourth-order valence-electron chi connectivity index (χ4n) is 2.25. The van der Waals surface area contributed by atoms with E-state index < -0.39 is 6.10 Å². The van der Waals surface area contributed by atoms with Crippen molar-refractivity contribution in [2.45, 2.75) is 18.9 Å². The number of hydrogen-bond donors (Lipinski definition) is 3. The van der Waals surface area contributed by atoms with E-state index in [1.807, 2.05) is 24.3 Å². The maximum Gasteiger partial charge on any atom is 0.270 e. The normalized spacial score (nSPS) is 16.1. The number of pyridine rings is 1. The molecule has 1 saturated carbocycles. The number of nitrogens with two attached hydrogens (primary N) is 1. The molecule has 3 rings (SSSR count). The van der Waals surface area contributed by atoms with Crippen LogP contribution in [0, 0.1) is 5.92 Å². The van der Waals surface area contributed by atoms with Crippen molar-refractivity contribution in [2.75, 3.05) is 12.3 Å². The Labute approximate surface area is 116 Å². The lowest BCUT2D eigenvalue weighted by Gasteiger charge is -2.11. The number of fused-ring (bicyclic) bond motifs is 1. The van der Waals surface area contributed by atoms with E-state index in [9.17, 15) is 9.90 Å². The zero-order valence-electron chi connectivity index (χ0n) is 11.0. The largest absolute Gasteiger partial charge is 0.398 e. The van der Waals surface area contributed by atoms with Gasteiger partial charge in [-0.1, -0.05) is 18.2 Å². The van der Waals surface area contributed by atoms with Crippen molar-refractivity contribution in [1.29, 1.82) is 0 Å². The first-order valence-corrected chi connectivity index (χ1v) is 6.76. The number of hydrogen-bond acceptors (Lipinski definition) is 4. The first kappa shape index (κ1) is 12.9. The molecule has 4 N–H and O–H groups in total. The summed E-state index contributed by atoms with van der Waals surface area (Å²) in [6, 6.07) is 9.00. The number of nitrogens with one attached hydrogen (secondary N) is 1. The van der Waals surface area contributed by atoms with Gasteiger partial charge in [0, 0.05) is 17.6 Å². The highest BCUT2D eigenvalue weighted by Gasteiger charge is 2.29. The lowest BCUT2D eigenvalue weighted by atomic mass is 10.1. The topological polar surface area (TPSA) is 88.2 Å². The summed E-state index contributed by atoms with van der Waals surface area (Å²) in [4.78, 5) is 16.3. The van der Waals surface area contributed by atoms with E-state index in [1.54, 1.807) is 6.07 Å². The molecule has 104 valence electrons. The molecule has 1 aliphatic carbocycles. The molecule has 1 aliphatic rings. The molecule has 1 fully saturated rings. The Bertz CT molecular complexity index is 653. The van der Waals surface area contributed by atoms with Crippen LogP contribution in [0.2, 0.25) is 0 Å². The van der Waals surface area contributed by atoms with Crippen molar-refractivity contribution in [3.8, 4) is 0 Å². The number of benzene rings is 1. The summed E-state index contributed by atoms with van der Waals surface area (Å²) in [6.07, 6.45) is 1.62. The molecule has 0 aliphatic heterocycles. The van der Waals surface area contributed by atoms with Crippen LogP contribution in [-0.2, 0) is 0 Å². The van der Waals surface area contributed by atoms with Crippen LogP contribution in [-0.4, -0.2) is 28.6 Å². The Balaban J connectivity index is 1.77. The van der Waals surface area contributed by atoms with Gasteiger partial charge in [0.25, 0.3) is 5.91 Å². The molecule has 5 nitrogen and oxygen atoms in total. The standard InChI is InChI=1S/C15H17N3O2/c16-11-7-13(18-12-4-2-1-3-10(11)12)15(20)17-8-14(19)9-5-6-9/h1-4,7,9,14,19H,5-6,8H2,(H2,16,18)(H,17,20). The second-order valence-corrected chi connectivity index (χ2v) is 5.23. The minimum atomic E-state index is -0.461. The minimum absolute atomic E-state index is 0.262. The molecule has 0 saturated heterocycles. The van der Waals surface area contributed by atoms with Gasteiger partial charge >= 0.3 is 0 Å². The van der Waals surface area contributed by atoms with Crippen LogP contribution in [0.25, 0.3) is 10.9 Å². The second-order valence-electron chi connectivity index (χ2n) is 5.23. The van der Waals surface area contributed by atoms with Crippen molar-refractivity contribution < 1.29 is 9.90 Å². The summed E-state index contributed by atoms with van der Waals surface area (Å²) in [5.74, 6) is 0.0343. The second kappa shape index (κ2) is 5.09. The monoisotopic (exact) mass is 271 g/mol. The van der Waals surface area contributed by atoms with Crippen LogP contribution in [0.4, 0.5) is 5.69 Å². The number of carbonyl (C=O) groups is 1. The lowest BCUT2D eigenvalue weighted by Crippen LogP contribution is -2.33. The summed E-state index contributed by atoms with van der Waals surface area (Å²) in [7, 11) is 0. The van der Waals surface area contributed by atoms with E-state index in [2.05, 4.69) is 10.3 Å². The van der Waals surface area contributed by atoms with E-state index in [4.69, 9.17) is 5.73 Å². The summed E-state index contributed by atoms with van der Waals surface area (Å²) < 4.78 is 0. The van der Waals surface area contributed by atoms with Crippen molar-refractivity contribution in [3.63, 3.8) is 0 Å². The van der Waals surface area contributed by atoms with Gasteiger partial charge in [-0.2, -0.15) is 0 Å². The summed E-state index contributed by atoms with van der Waals surface area (Å²) >= 11 is 0. The fraction of sp³-hybridized carbons (Fsp3) is 0.333. The summed E-state index contributed by atoms with van der Waals surface area (Å²) in [6.45, 7) is 0.262. The first-order valence-electron chi connectivity index (χ1n) is 6.76. The molecule has 1 amide bonds. The molecular weight excluding hydrogens is 254 g/mol. The molecule has 5 heteroatoms. The van der Waals surface area contributed by atoms with Crippen LogP contribution >= 0.6 is 0 Å². The fourth-order valence-corrected chi connectivity index (χ4v) is 2.25. The number of amides is 1. The third kappa shape index (κ3) is 2.58. The third-order valence-corrected chi connectivity index (χ3v) is 3.62. The Kier molecular flexibility index (Phi) is 3.28. The molecule has 1 unspecified atom stereocenters. The zero-order chi connectivity index (χ0) is 14.1. The molecule has 1 atom stereocenters. The van der Waals surface area contributed by atoms with Crippen LogP contribution < -0.4 is 11.1 Å². The number of nitrogen functional groups attached to an aromatic ring is 1. The van der Waals surface area contributed by atoms with E-state index in [1.165, 1.54) is 0 Å². The van der Waals surface area contributed by atoms with Crippen LogP contribution in [0.5, 0.6) is 0 Å². The summed E-state index contributed by atoms with van der Waals surface area (Å²) in [5.41, 5.74) is 7.45. The molecule has 20 heavy (non-hydrogen) atoms. The number of nitrogens with zero attached hydrogens (tertiary/aromatic N) is 1. The predicted molar refractivity (Wildman–Crippen MR) is 77.2 cm³/mol. The highest BCUT2D eigenvalue weighted by molar-refractivity contribution is 5.99. The Morgan fingerprint density at radius 1 is 1.45 bits per heavy atom. The maximum atomic E-state index is 12.0. The van der Waals surface area contributed by atoms with Crippen molar-refractivity contribution >= 4 is 22.5 Å². The van der Waals surface area contributed by atoms with Gasteiger partial charge in [0.2, 0.25) is 0 Å². The van der Waals surface area contributed by atoms with E-state index in [0.717, 1.165) is 18.2 Å². The molecule has 0 bridgehead atoms. The summed E-state index contributed by atoms with van der Waals surface area (Å²) in [5, 5.41) is 13.3. The first-order chi connectivity index (χ1) is 9.65. The average molecular weight is 271 g/mol. The average Bonchev–Trinajstić information content (AvgIpc) is 3.29. The van der Waals surface area contributed by atoms with Crippen molar-refractivity contribution in [1.82, 2.24) is 10.3 Å². The number of para-hydroxylation sites is 1. The van der Waals surface area contributed by atoms with Crippen molar-refractivity contribution in [2.24, 2.45) is 5.92 Å². The number of rotatable bonds is 4. The molecule has 0 radical (unpaired) electrons. The number of aromatic nitrogens is 1. The Morgan fingerprint density at radius 3 is 2.95 bits per heavy atom. The maximum absolute atomic E-state index is 12.0. The number of anilines is 1. The minimum Gasteiger partial charge on any atom is -0.398 e. The van der Waals surface area contributed by atoms with Gasteiger partial charge in [0.15, 0.2) is 0 Å². The van der Waals surface area contributed by atoms with Crippen LogP contribution in [0.15, 0.2) is 30.3 Å². The van der Waals surface area contributed by atoms with E-state index in [-0.39, 0.29) is 18.1 Å². The van der Waals surface area contributed by atoms with Crippen molar-refractivity contribution in [3.05, 3.63) is 36.0 Å². The van der Waals surface area contributed by atoms with Crippen LogP contribution in [0.1, 0.15) is 23.3 Å². The quantitative estimate of drug-likeness (QED) is 0.782. The van der Waals surface area contributed by atoms with Gasteiger partial charge in [0.1, 0.15) is 5.69 Å². The highest BCUT2D eigenvalue weighted by atomic mass is 16.3. The van der Waals surface area contributed by atoms with Crippen LogP contribution in [0.3, 0.4) is 0 Å². The van der Waals surface area contributed by atoms with Gasteiger partial charge in [-0.15, -0.1) is 0 Å². The Morgan fingerprint density at radius 2 is 2.20 bits per heavy atom. The van der Waals surface area contributed by atoms with E-state index in [0.29, 0.717) is 17.1 Å². The third-order valence-electron chi connectivity index (χ3n) is 3.62. The molecule has 1 aromatic heterocycles. The number of aliphatic hydroxyl groups is 1. The van der Waals surface area contributed by atoms with Gasteiger partial charge in [0.05, 0.1) is 11.6 Å². The molecule has 0 spiro atoms. The van der Waals surface area contributed by atoms with E-state index >= 15 is 0 Å².